The van der Waals surface area contributed by atoms with Gasteiger partial charge in [-0.05, 0) is 25.0 Å². The van der Waals surface area contributed by atoms with Crippen LogP contribution in [0.3, 0.4) is 0 Å². The summed E-state index contributed by atoms with van der Waals surface area (Å²) >= 11 is 0. The zero-order chi connectivity index (χ0) is 15.2. The Balaban J connectivity index is 1.97. The molecule has 1 aliphatic carbocycles. The second-order valence-electron chi connectivity index (χ2n) is 5.00. The molecule has 2 rings (SSSR count). The first-order chi connectivity index (χ1) is 10.1. The van der Waals surface area contributed by atoms with Crippen molar-refractivity contribution in [2.24, 2.45) is 0 Å². The predicted molar refractivity (Wildman–Crippen MR) is 75.8 cm³/mol. The molecule has 6 heteroatoms. The fraction of sp³-hybridized carbons (Fsp3) is 0.467. The number of hydrogen-bond donors (Lipinski definition) is 2. The molecule has 0 aliphatic heterocycles. The highest BCUT2D eigenvalue weighted by Crippen LogP contribution is 2.25. The lowest BCUT2D eigenvalue weighted by atomic mass is 10.2. The largest absolute Gasteiger partial charge is 0.497 e. The molecule has 1 amide bonds. The molecular formula is C15H19NO5. The van der Waals surface area contributed by atoms with Crippen LogP contribution in [0.25, 0.3) is 0 Å². The quantitative estimate of drug-likeness (QED) is 0.836. The van der Waals surface area contributed by atoms with E-state index in [1.807, 2.05) is 0 Å². The van der Waals surface area contributed by atoms with Crippen molar-refractivity contribution in [2.45, 2.75) is 31.7 Å². The maximum absolute atomic E-state index is 11.8. The highest BCUT2D eigenvalue weighted by molar-refractivity contribution is 5.91. The first-order valence-electron chi connectivity index (χ1n) is 6.93. The van der Waals surface area contributed by atoms with Gasteiger partial charge in [0.2, 0.25) is 0 Å². The summed E-state index contributed by atoms with van der Waals surface area (Å²) in [6.45, 7) is -0.204. The van der Waals surface area contributed by atoms with Crippen LogP contribution >= 0.6 is 0 Å². The third kappa shape index (κ3) is 4.11. The molecule has 0 heterocycles. The summed E-state index contributed by atoms with van der Waals surface area (Å²) in [6, 6.07) is 4.61. The Labute approximate surface area is 123 Å². The van der Waals surface area contributed by atoms with Gasteiger partial charge < -0.3 is 19.9 Å². The number of methoxy groups -OCH3 is 1. The standard InChI is InChI=1S/C15H19NO5/c1-20-11-6-7-12(15(18)19)13(8-11)21-9-14(17)16-10-4-2-3-5-10/h6-8,10H,2-5,9H2,1H3,(H,16,17)(H,18,19). The Bertz CT molecular complexity index is 523. The summed E-state index contributed by atoms with van der Waals surface area (Å²) in [7, 11) is 1.48. The number of carboxylic acids is 1. The molecule has 0 spiro atoms. The third-order valence-electron chi connectivity index (χ3n) is 3.50. The number of nitrogens with one attached hydrogen (secondary N) is 1. The van der Waals surface area contributed by atoms with Gasteiger partial charge >= 0.3 is 5.97 Å². The number of benzene rings is 1. The van der Waals surface area contributed by atoms with Crippen LogP contribution < -0.4 is 14.8 Å². The molecule has 2 N–H and O–H groups in total. The van der Waals surface area contributed by atoms with Crippen LogP contribution in [0.15, 0.2) is 18.2 Å². The summed E-state index contributed by atoms with van der Waals surface area (Å²) in [5.74, 6) is -0.737. The molecule has 1 fully saturated rings. The molecule has 1 aliphatic rings. The summed E-state index contributed by atoms with van der Waals surface area (Å²) in [4.78, 5) is 22.9. The molecule has 0 saturated heterocycles. The van der Waals surface area contributed by atoms with E-state index in [2.05, 4.69) is 5.32 Å². The third-order valence-corrected chi connectivity index (χ3v) is 3.50. The average Bonchev–Trinajstić information content (AvgIpc) is 2.97. The molecule has 0 aromatic heterocycles. The van der Waals surface area contributed by atoms with E-state index in [-0.39, 0.29) is 29.9 Å². The van der Waals surface area contributed by atoms with E-state index in [9.17, 15) is 9.59 Å². The van der Waals surface area contributed by atoms with Gasteiger partial charge in [0.05, 0.1) is 7.11 Å². The molecule has 1 aromatic rings. The lowest BCUT2D eigenvalue weighted by Gasteiger charge is -2.14. The van der Waals surface area contributed by atoms with Crippen molar-refractivity contribution < 1.29 is 24.2 Å². The topological polar surface area (TPSA) is 84.9 Å². The van der Waals surface area contributed by atoms with Gasteiger partial charge in [-0.15, -0.1) is 0 Å². The summed E-state index contributed by atoms with van der Waals surface area (Å²) < 4.78 is 10.4. The zero-order valence-electron chi connectivity index (χ0n) is 11.9. The fourth-order valence-electron chi connectivity index (χ4n) is 2.41. The van der Waals surface area contributed by atoms with E-state index >= 15 is 0 Å². The van der Waals surface area contributed by atoms with E-state index < -0.39 is 5.97 Å². The molecule has 0 atom stereocenters. The number of rotatable bonds is 6. The van der Waals surface area contributed by atoms with Gasteiger partial charge in [-0.25, -0.2) is 4.79 Å². The normalized spacial score (nSPS) is 14.7. The average molecular weight is 293 g/mol. The van der Waals surface area contributed by atoms with Gasteiger partial charge in [-0.3, -0.25) is 4.79 Å². The van der Waals surface area contributed by atoms with Crippen molar-refractivity contribution in [1.29, 1.82) is 0 Å². The summed E-state index contributed by atoms with van der Waals surface area (Å²) in [6.07, 6.45) is 4.24. The van der Waals surface area contributed by atoms with Crippen LogP contribution in [0.1, 0.15) is 36.0 Å². The molecule has 21 heavy (non-hydrogen) atoms. The number of carbonyl (C=O) groups excluding carboxylic acids is 1. The van der Waals surface area contributed by atoms with Gasteiger partial charge in [0.1, 0.15) is 17.1 Å². The van der Waals surface area contributed by atoms with Crippen LogP contribution in [0.4, 0.5) is 0 Å². The molecule has 1 saturated carbocycles. The van der Waals surface area contributed by atoms with Gasteiger partial charge in [0.15, 0.2) is 6.61 Å². The van der Waals surface area contributed by atoms with Gasteiger partial charge in [-0.2, -0.15) is 0 Å². The molecule has 0 bridgehead atoms. The SMILES string of the molecule is COc1ccc(C(=O)O)c(OCC(=O)NC2CCCC2)c1. The minimum Gasteiger partial charge on any atom is -0.497 e. The van der Waals surface area contributed by atoms with Crippen molar-refractivity contribution in [3.8, 4) is 11.5 Å². The Morgan fingerprint density at radius 3 is 2.67 bits per heavy atom. The van der Waals surface area contributed by atoms with Crippen LogP contribution in [-0.4, -0.2) is 36.7 Å². The smallest absolute Gasteiger partial charge is 0.339 e. The van der Waals surface area contributed by atoms with Crippen molar-refractivity contribution in [2.75, 3.05) is 13.7 Å². The molecule has 114 valence electrons. The van der Waals surface area contributed by atoms with Crippen LogP contribution in [-0.2, 0) is 4.79 Å². The van der Waals surface area contributed by atoms with E-state index in [0.717, 1.165) is 25.7 Å². The van der Waals surface area contributed by atoms with Crippen LogP contribution in [0.2, 0.25) is 0 Å². The second-order valence-corrected chi connectivity index (χ2v) is 5.00. The number of carbonyl (C=O) groups is 2. The van der Waals surface area contributed by atoms with Crippen LogP contribution in [0.5, 0.6) is 11.5 Å². The van der Waals surface area contributed by atoms with Gasteiger partial charge in [0, 0.05) is 12.1 Å². The Morgan fingerprint density at radius 2 is 2.05 bits per heavy atom. The summed E-state index contributed by atoms with van der Waals surface area (Å²) in [5.41, 5.74) is 0.00414. The summed E-state index contributed by atoms with van der Waals surface area (Å²) in [5, 5.41) is 12.0. The molecule has 6 nitrogen and oxygen atoms in total. The number of hydrogen-bond acceptors (Lipinski definition) is 4. The number of aromatic carboxylic acids is 1. The molecule has 1 aromatic carbocycles. The van der Waals surface area contributed by atoms with Crippen molar-refractivity contribution in [3.63, 3.8) is 0 Å². The minimum absolute atomic E-state index is 0.00414. The number of ether oxygens (including phenoxy) is 2. The number of amides is 1. The highest BCUT2D eigenvalue weighted by Gasteiger charge is 2.18. The monoisotopic (exact) mass is 293 g/mol. The Kier molecular flexibility index (Phi) is 5.03. The highest BCUT2D eigenvalue weighted by atomic mass is 16.5. The Morgan fingerprint density at radius 1 is 1.33 bits per heavy atom. The maximum atomic E-state index is 11.8. The van der Waals surface area contributed by atoms with Gasteiger partial charge in [-0.1, -0.05) is 12.8 Å². The van der Waals surface area contributed by atoms with Crippen LogP contribution in [0, 0.1) is 0 Å². The molecular weight excluding hydrogens is 274 g/mol. The minimum atomic E-state index is -1.11. The Hall–Kier alpha value is -2.24. The van der Waals surface area contributed by atoms with Crippen molar-refractivity contribution in [1.82, 2.24) is 5.32 Å². The van der Waals surface area contributed by atoms with Gasteiger partial charge in [0.25, 0.3) is 5.91 Å². The van der Waals surface area contributed by atoms with Crippen molar-refractivity contribution >= 4 is 11.9 Å². The molecule has 0 unspecified atom stereocenters. The van der Waals surface area contributed by atoms with E-state index in [1.54, 1.807) is 0 Å². The van der Waals surface area contributed by atoms with E-state index in [0.29, 0.717) is 5.75 Å². The fourth-order valence-corrected chi connectivity index (χ4v) is 2.41. The number of carboxylic acid groups (broad SMARTS) is 1. The van der Waals surface area contributed by atoms with Crippen molar-refractivity contribution in [3.05, 3.63) is 23.8 Å². The maximum Gasteiger partial charge on any atom is 0.339 e. The lowest BCUT2D eigenvalue weighted by molar-refractivity contribution is -0.123. The lowest BCUT2D eigenvalue weighted by Crippen LogP contribution is -2.36. The first kappa shape index (κ1) is 15.2. The molecule has 0 radical (unpaired) electrons. The van der Waals surface area contributed by atoms with E-state index in [1.165, 1.54) is 25.3 Å². The predicted octanol–water partition coefficient (Wildman–Crippen LogP) is 1.83. The zero-order valence-corrected chi connectivity index (χ0v) is 11.9. The van der Waals surface area contributed by atoms with E-state index in [4.69, 9.17) is 14.6 Å². The first-order valence-corrected chi connectivity index (χ1v) is 6.93. The second kappa shape index (κ2) is 6.97.